The number of rotatable bonds is 7. The molecule has 0 bridgehead atoms. The third kappa shape index (κ3) is 5.81. The normalized spacial score (nSPS) is 15.9. The molecule has 6 heteroatoms. The Morgan fingerprint density at radius 1 is 1.14 bits per heavy atom. The van der Waals surface area contributed by atoms with E-state index in [9.17, 15) is 4.79 Å². The van der Waals surface area contributed by atoms with Crippen molar-refractivity contribution in [1.82, 2.24) is 0 Å². The summed E-state index contributed by atoms with van der Waals surface area (Å²) >= 11 is 3.59. The molecular formula is C23H27BrO5. The summed E-state index contributed by atoms with van der Waals surface area (Å²) in [6.45, 7) is 5.70. The van der Waals surface area contributed by atoms with Gasteiger partial charge in [-0.05, 0) is 54.7 Å². The van der Waals surface area contributed by atoms with Crippen LogP contribution in [0.3, 0.4) is 0 Å². The zero-order chi connectivity index (χ0) is 20.8. The van der Waals surface area contributed by atoms with E-state index in [0.717, 1.165) is 34.2 Å². The number of hydrogen-bond acceptors (Lipinski definition) is 5. The first-order valence-corrected chi connectivity index (χ1v) is 10.6. The molecule has 5 nitrogen and oxygen atoms in total. The molecule has 1 aliphatic heterocycles. The summed E-state index contributed by atoms with van der Waals surface area (Å²) in [6, 6.07) is 13.3. The van der Waals surface area contributed by atoms with Gasteiger partial charge >= 0.3 is 5.97 Å². The van der Waals surface area contributed by atoms with Gasteiger partial charge in [0.05, 0.1) is 25.9 Å². The summed E-state index contributed by atoms with van der Waals surface area (Å²) in [5.41, 5.74) is 2.46. The standard InChI is InChI=1S/C23H27BrO5/c1-15(2)13-21(16-5-7-17(8-6-16)22(25)26-3)29-18-9-10-20(24)19(14-18)23-27-11-4-12-28-23/h5-10,14-15,21,23H,4,11-13H2,1-3H3. The highest BCUT2D eigenvalue weighted by Crippen LogP contribution is 2.35. The van der Waals surface area contributed by atoms with Gasteiger partial charge in [0.2, 0.25) is 0 Å². The van der Waals surface area contributed by atoms with Crippen molar-refractivity contribution in [3.8, 4) is 5.75 Å². The number of benzene rings is 2. The van der Waals surface area contributed by atoms with Crippen molar-refractivity contribution in [3.05, 3.63) is 63.6 Å². The van der Waals surface area contributed by atoms with Gasteiger partial charge in [-0.15, -0.1) is 0 Å². The number of halogens is 1. The largest absolute Gasteiger partial charge is 0.486 e. The average Bonchev–Trinajstić information content (AvgIpc) is 2.74. The molecule has 1 unspecified atom stereocenters. The van der Waals surface area contributed by atoms with Crippen molar-refractivity contribution in [2.75, 3.05) is 20.3 Å². The van der Waals surface area contributed by atoms with Gasteiger partial charge in [-0.2, -0.15) is 0 Å². The van der Waals surface area contributed by atoms with Crippen molar-refractivity contribution in [1.29, 1.82) is 0 Å². The van der Waals surface area contributed by atoms with E-state index in [1.54, 1.807) is 12.1 Å². The maximum absolute atomic E-state index is 11.7. The van der Waals surface area contributed by atoms with Crippen LogP contribution in [0.25, 0.3) is 0 Å². The molecule has 3 rings (SSSR count). The molecule has 156 valence electrons. The number of ether oxygens (including phenoxy) is 4. The Labute approximate surface area is 180 Å². The van der Waals surface area contributed by atoms with Crippen LogP contribution >= 0.6 is 15.9 Å². The first-order valence-electron chi connectivity index (χ1n) is 9.85. The Hall–Kier alpha value is -1.89. The predicted molar refractivity (Wildman–Crippen MR) is 114 cm³/mol. The minimum absolute atomic E-state index is 0.135. The second kappa shape index (κ2) is 10.2. The van der Waals surface area contributed by atoms with E-state index in [1.807, 2.05) is 30.3 Å². The van der Waals surface area contributed by atoms with Gasteiger partial charge in [0.1, 0.15) is 11.9 Å². The van der Waals surface area contributed by atoms with Crippen molar-refractivity contribution < 1.29 is 23.7 Å². The van der Waals surface area contributed by atoms with Gasteiger partial charge in [0.15, 0.2) is 6.29 Å². The van der Waals surface area contributed by atoms with E-state index in [-0.39, 0.29) is 18.4 Å². The van der Waals surface area contributed by atoms with E-state index in [4.69, 9.17) is 18.9 Å². The summed E-state index contributed by atoms with van der Waals surface area (Å²) in [5, 5.41) is 0. The molecule has 0 aromatic heterocycles. The quantitative estimate of drug-likeness (QED) is 0.483. The number of esters is 1. The second-order valence-electron chi connectivity index (χ2n) is 7.46. The van der Waals surface area contributed by atoms with E-state index >= 15 is 0 Å². The van der Waals surface area contributed by atoms with Crippen molar-refractivity contribution >= 4 is 21.9 Å². The highest BCUT2D eigenvalue weighted by atomic mass is 79.9. The molecule has 1 saturated heterocycles. The average molecular weight is 463 g/mol. The Kier molecular flexibility index (Phi) is 7.70. The Morgan fingerprint density at radius 2 is 1.83 bits per heavy atom. The molecule has 1 fully saturated rings. The van der Waals surface area contributed by atoms with Crippen LogP contribution in [0.5, 0.6) is 5.75 Å². The molecule has 0 amide bonds. The minimum atomic E-state index is -0.385. The van der Waals surface area contributed by atoms with Gasteiger partial charge < -0.3 is 18.9 Å². The Morgan fingerprint density at radius 3 is 2.45 bits per heavy atom. The second-order valence-corrected chi connectivity index (χ2v) is 8.31. The van der Waals surface area contributed by atoms with Crippen molar-refractivity contribution in [2.24, 2.45) is 5.92 Å². The van der Waals surface area contributed by atoms with Crippen molar-refractivity contribution in [3.63, 3.8) is 0 Å². The van der Waals surface area contributed by atoms with Gasteiger partial charge in [-0.25, -0.2) is 4.79 Å². The van der Waals surface area contributed by atoms with Gasteiger partial charge in [-0.1, -0.05) is 41.9 Å². The third-order valence-electron chi connectivity index (χ3n) is 4.72. The smallest absolute Gasteiger partial charge is 0.337 e. The van der Waals surface area contributed by atoms with E-state index in [1.165, 1.54) is 7.11 Å². The summed E-state index contributed by atoms with van der Waals surface area (Å²) in [6.07, 6.45) is 1.23. The molecule has 1 atom stereocenters. The van der Waals surface area contributed by atoms with Crippen LogP contribution in [-0.2, 0) is 14.2 Å². The van der Waals surface area contributed by atoms with Gasteiger partial charge in [0, 0.05) is 10.0 Å². The molecule has 1 aliphatic rings. The molecule has 0 aliphatic carbocycles. The van der Waals surface area contributed by atoms with E-state index in [2.05, 4.69) is 29.8 Å². The lowest BCUT2D eigenvalue weighted by molar-refractivity contribution is -0.183. The summed E-state index contributed by atoms with van der Waals surface area (Å²) in [7, 11) is 1.38. The minimum Gasteiger partial charge on any atom is -0.486 e. The maximum Gasteiger partial charge on any atom is 0.337 e. The maximum atomic E-state index is 11.7. The fraction of sp³-hybridized carbons (Fsp3) is 0.435. The lowest BCUT2D eigenvalue weighted by Crippen LogP contribution is -2.18. The zero-order valence-electron chi connectivity index (χ0n) is 17.0. The fourth-order valence-electron chi connectivity index (χ4n) is 3.24. The van der Waals surface area contributed by atoms with Crippen LogP contribution < -0.4 is 4.74 Å². The van der Waals surface area contributed by atoms with Crippen LogP contribution in [0.1, 0.15) is 60.6 Å². The number of hydrogen-bond donors (Lipinski definition) is 0. The predicted octanol–water partition coefficient (Wildman–Crippen LogP) is 5.84. The Bertz CT molecular complexity index is 813. The topological polar surface area (TPSA) is 54.0 Å². The summed E-state index contributed by atoms with van der Waals surface area (Å²) < 4.78 is 23.6. The summed E-state index contributed by atoms with van der Waals surface area (Å²) in [5.74, 6) is 0.854. The van der Waals surface area contributed by atoms with Gasteiger partial charge in [0.25, 0.3) is 0 Å². The molecule has 0 radical (unpaired) electrons. The number of carbonyl (C=O) groups excluding carboxylic acids is 1. The highest BCUT2D eigenvalue weighted by molar-refractivity contribution is 9.10. The SMILES string of the molecule is COC(=O)c1ccc(C(CC(C)C)Oc2ccc(Br)c(C3OCCCO3)c2)cc1. The number of carbonyl (C=O) groups is 1. The zero-order valence-corrected chi connectivity index (χ0v) is 18.6. The first kappa shape index (κ1) is 21.8. The molecular weight excluding hydrogens is 436 g/mol. The third-order valence-corrected chi connectivity index (χ3v) is 5.44. The van der Waals surface area contributed by atoms with E-state index in [0.29, 0.717) is 24.7 Å². The summed E-state index contributed by atoms with van der Waals surface area (Å²) in [4.78, 5) is 11.7. The monoisotopic (exact) mass is 462 g/mol. The molecule has 29 heavy (non-hydrogen) atoms. The first-order chi connectivity index (χ1) is 14.0. The van der Waals surface area contributed by atoms with Crippen LogP contribution in [-0.4, -0.2) is 26.3 Å². The fourth-order valence-corrected chi connectivity index (χ4v) is 3.67. The van der Waals surface area contributed by atoms with Crippen molar-refractivity contribution in [2.45, 2.75) is 39.1 Å². The van der Waals surface area contributed by atoms with Crippen LogP contribution in [0.2, 0.25) is 0 Å². The number of methoxy groups -OCH3 is 1. The van der Waals surface area contributed by atoms with Crippen LogP contribution in [0, 0.1) is 5.92 Å². The van der Waals surface area contributed by atoms with Crippen LogP contribution in [0.15, 0.2) is 46.9 Å². The molecule has 0 N–H and O–H groups in total. The molecule has 1 heterocycles. The molecule has 2 aromatic rings. The molecule has 0 spiro atoms. The lowest BCUT2D eigenvalue weighted by atomic mass is 9.98. The van der Waals surface area contributed by atoms with Gasteiger partial charge in [-0.3, -0.25) is 0 Å². The molecule has 2 aromatic carbocycles. The van der Waals surface area contributed by atoms with E-state index < -0.39 is 0 Å². The molecule has 0 saturated carbocycles. The highest BCUT2D eigenvalue weighted by Gasteiger charge is 2.22. The van der Waals surface area contributed by atoms with Crippen LogP contribution in [0.4, 0.5) is 0 Å². The Balaban J connectivity index is 1.82. The lowest BCUT2D eigenvalue weighted by Gasteiger charge is -2.26.